The molecule has 3 N–H and O–H groups in total. The Morgan fingerprint density at radius 1 is 0.337 bits per heavy atom. The molecule has 0 aliphatic rings. The topological polar surface area (TPSA) is 95.9 Å². The third-order valence-corrected chi connectivity index (χ3v) is 17.7. The van der Waals surface area contributed by atoms with Gasteiger partial charge in [0.1, 0.15) is 0 Å². The molecule has 2 unspecified atom stereocenters. The van der Waals surface area contributed by atoms with E-state index >= 15 is 0 Å². The van der Waals surface area contributed by atoms with E-state index in [1.54, 1.807) is 0 Å². The Bertz CT molecular complexity index is 1340. The lowest BCUT2D eigenvalue weighted by atomic mass is 10.0. The van der Waals surface area contributed by atoms with Crippen LogP contribution in [0, 0.1) is 0 Å². The molecule has 0 saturated heterocycles. The number of aliphatic hydroxyl groups excluding tert-OH is 2. The number of amides is 1. The van der Waals surface area contributed by atoms with E-state index in [4.69, 9.17) is 4.74 Å². The van der Waals surface area contributed by atoms with Gasteiger partial charge < -0.3 is 20.3 Å². The summed E-state index contributed by atoms with van der Waals surface area (Å²) in [5.41, 5.74) is 0. The zero-order valence-electron chi connectivity index (χ0n) is 56.2. The van der Waals surface area contributed by atoms with E-state index in [0.29, 0.717) is 25.9 Å². The molecule has 0 aromatic heterocycles. The Hall–Kier alpha value is -1.92. The first-order valence-electron chi connectivity index (χ1n) is 37.7. The standard InChI is InChI=1S/C77H147NO5/c1-3-5-7-9-11-13-15-17-19-20-21-22-32-35-38-42-45-49-53-57-61-65-69-75(80)74(73-79)78-76(81)70-66-62-58-54-50-46-43-39-36-33-30-28-26-24-23-25-27-29-31-34-37-40-44-48-52-56-60-64-68-72-83-77(82)71-67-63-59-55-51-47-41-18-16-14-12-10-8-6-4-2/h18,23,25,29,31,41,74-75,79-80H,3-17,19-22,24,26-28,30,32-40,42-73H2,1-2H3,(H,78,81)/b25-23-,31-29-,41-18-. The number of carbonyl (C=O) groups is 2. The highest BCUT2D eigenvalue weighted by atomic mass is 16.5. The summed E-state index contributed by atoms with van der Waals surface area (Å²) in [5, 5.41) is 23.4. The second kappa shape index (κ2) is 72.6. The maximum Gasteiger partial charge on any atom is 0.305 e. The SMILES string of the molecule is CCCCCCCC/C=C\CCCCCCCC(=O)OCCCCCCCCCCC/C=C\C/C=C\CCCCCCCCCCCCCCCC(=O)NC(CO)C(O)CCCCCCCCCCCCCCCCCCCCCCCC. The Labute approximate surface area is 519 Å². The number of carbonyl (C=O) groups excluding carboxylic acids is 2. The fourth-order valence-electron chi connectivity index (χ4n) is 11.9. The Morgan fingerprint density at radius 2 is 0.602 bits per heavy atom. The van der Waals surface area contributed by atoms with E-state index in [1.165, 1.54) is 334 Å². The fourth-order valence-corrected chi connectivity index (χ4v) is 11.9. The van der Waals surface area contributed by atoms with Crippen molar-refractivity contribution < 1.29 is 24.5 Å². The van der Waals surface area contributed by atoms with Gasteiger partial charge in [-0.25, -0.2) is 0 Å². The first-order chi connectivity index (χ1) is 41.0. The molecule has 0 fully saturated rings. The van der Waals surface area contributed by atoms with Crippen molar-refractivity contribution in [3.8, 4) is 0 Å². The lowest BCUT2D eigenvalue weighted by Gasteiger charge is -2.22. The first kappa shape index (κ1) is 81.1. The Balaban J connectivity index is 3.40. The molecule has 0 aliphatic carbocycles. The van der Waals surface area contributed by atoms with Gasteiger partial charge in [0.25, 0.3) is 0 Å². The minimum Gasteiger partial charge on any atom is -0.466 e. The number of aliphatic hydroxyl groups is 2. The summed E-state index contributed by atoms with van der Waals surface area (Å²) in [7, 11) is 0. The van der Waals surface area contributed by atoms with Gasteiger partial charge in [-0.1, -0.05) is 359 Å². The van der Waals surface area contributed by atoms with E-state index in [-0.39, 0.29) is 18.5 Å². The summed E-state index contributed by atoms with van der Waals surface area (Å²) in [4.78, 5) is 24.6. The quantitative estimate of drug-likeness (QED) is 0.0320. The summed E-state index contributed by atoms with van der Waals surface area (Å²) in [6, 6.07) is -0.544. The van der Waals surface area contributed by atoms with Crippen molar-refractivity contribution >= 4 is 11.9 Å². The lowest BCUT2D eigenvalue weighted by molar-refractivity contribution is -0.143. The van der Waals surface area contributed by atoms with Gasteiger partial charge in [-0.3, -0.25) is 9.59 Å². The van der Waals surface area contributed by atoms with Crippen molar-refractivity contribution in [2.45, 2.75) is 431 Å². The zero-order chi connectivity index (χ0) is 59.9. The number of hydrogen-bond acceptors (Lipinski definition) is 5. The van der Waals surface area contributed by atoms with Gasteiger partial charge in [0.2, 0.25) is 5.91 Å². The predicted molar refractivity (Wildman–Crippen MR) is 366 cm³/mol. The highest BCUT2D eigenvalue weighted by Crippen LogP contribution is 2.19. The molecule has 0 aromatic carbocycles. The summed E-state index contributed by atoms with van der Waals surface area (Å²) >= 11 is 0. The Kier molecular flexibility index (Phi) is 70.9. The van der Waals surface area contributed by atoms with Crippen LogP contribution in [0.3, 0.4) is 0 Å². The number of nitrogens with one attached hydrogen (secondary N) is 1. The maximum absolute atomic E-state index is 12.6. The van der Waals surface area contributed by atoms with Crippen LogP contribution in [0.2, 0.25) is 0 Å². The number of rotatable bonds is 71. The molecular weight excluding hydrogens is 1020 g/mol. The largest absolute Gasteiger partial charge is 0.466 e. The third-order valence-electron chi connectivity index (χ3n) is 17.7. The lowest BCUT2D eigenvalue weighted by Crippen LogP contribution is -2.45. The molecule has 0 aromatic rings. The van der Waals surface area contributed by atoms with Gasteiger partial charge in [-0.15, -0.1) is 0 Å². The number of unbranched alkanes of at least 4 members (excludes halogenated alkanes) is 54. The fraction of sp³-hybridized carbons (Fsp3) is 0.896. The normalized spacial score (nSPS) is 12.7. The number of hydrogen-bond donors (Lipinski definition) is 3. The van der Waals surface area contributed by atoms with E-state index in [0.717, 1.165) is 51.4 Å². The van der Waals surface area contributed by atoms with Crippen molar-refractivity contribution in [1.29, 1.82) is 0 Å². The molecule has 2 atom stereocenters. The van der Waals surface area contributed by atoms with Crippen LogP contribution in [0.4, 0.5) is 0 Å². The monoisotopic (exact) mass is 1170 g/mol. The van der Waals surface area contributed by atoms with Crippen molar-refractivity contribution in [2.24, 2.45) is 0 Å². The average molecular weight is 1170 g/mol. The maximum atomic E-state index is 12.6. The molecule has 0 heterocycles. The molecule has 0 spiro atoms. The van der Waals surface area contributed by atoms with Gasteiger partial charge in [-0.2, -0.15) is 0 Å². The molecule has 0 bridgehead atoms. The second-order valence-corrected chi connectivity index (χ2v) is 26.0. The number of ether oxygens (including phenoxy) is 1. The molecule has 0 saturated carbocycles. The number of esters is 1. The molecule has 0 radical (unpaired) electrons. The number of allylic oxidation sites excluding steroid dienone is 6. The van der Waals surface area contributed by atoms with Gasteiger partial charge in [0.05, 0.1) is 25.4 Å². The summed E-state index contributed by atoms with van der Waals surface area (Å²) in [5.74, 6) is -0.0267. The smallest absolute Gasteiger partial charge is 0.305 e. The summed E-state index contributed by atoms with van der Waals surface area (Å²) < 4.78 is 5.49. The van der Waals surface area contributed by atoms with E-state index in [1.807, 2.05) is 0 Å². The molecule has 0 aliphatic heterocycles. The molecular formula is C77H147NO5. The molecule has 490 valence electrons. The van der Waals surface area contributed by atoms with Crippen LogP contribution in [-0.4, -0.2) is 47.4 Å². The second-order valence-electron chi connectivity index (χ2n) is 26.0. The molecule has 83 heavy (non-hydrogen) atoms. The molecule has 6 heteroatoms. The minimum absolute atomic E-state index is 0.00475. The van der Waals surface area contributed by atoms with Crippen LogP contribution < -0.4 is 5.32 Å². The summed E-state index contributed by atoms with van der Waals surface area (Å²) in [6.07, 6.45) is 93.5. The van der Waals surface area contributed by atoms with Crippen LogP contribution in [0.25, 0.3) is 0 Å². The summed E-state index contributed by atoms with van der Waals surface area (Å²) in [6.45, 7) is 4.98. The van der Waals surface area contributed by atoms with Gasteiger partial charge in [-0.05, 0) is 83.5 Å². The van der Waals surface area contributed by atoms with Crippen LogP contribution in [-0.2, 0) is 14.3 Å². The average Bonchev–Trinajstić information content (AvgIpc) is 3.49. The highest BCUT2D eigenvalue weighted by molar-refractivity contribution is 5.76. The van der Waals surface area contributed by atoms with Crippen LogP contribution in [0.15, 0.2) is 36.5 Å². The highest BCUT2D eigenvalue weighted by Gasteiger charge is 2.20. The molecule has 0 rings (SSSR count). The Morgan fingerprint density at radius 3 is 0.928 bits per heavy atom. The van der Waals surface area contributed by atoms with Crippen LogP contribution in [0.1, 0.15) is 418 Å². The van der Waals surface area contributed by atoms with Gasteiger partial charge >= 0.3 is 5.97 Å². The van der Waals surface area contributed by atoms with Crippen molar-refractivity contribution in [1.82, 2.24) is 5.32 Å². The van der Waals surface area contributed by atoms with Crippen LogP contribution in [0.5, 0.6) is 0 Å². The van der Waals surface area contributed by atoms with E-state index in [2.05, 4.69) is 55.6 Å². The third kappa shape index (κ3) is 69.1. The van der Waals surface area contributed by atoms with Crippen molar-refractivity contribution in [3.63, 3.8) is 0 Å². The van der Waals surface area contributed by atoms with Crippen molar-refractivity contribution in [3.05, 3.63) is 36.5 Å². The van der Waals surface area contributed by atoms with Crippen LogP contribution >= 0.6 is 0 Å². The molecule has 6 nitrogen and oxygen atoms in total. The molecule has 1 amide bonds. The van der Waals surface area contributed by atoms with Gasteiger partial charge in [0.15, 0.2) is 0 Å². The van der Waals surface area contributed by atoms with E-state index in [9.17, 15) is 19.8 Å². The minimum atomic E-state index is -0.667. The van der Waals surface area contributed by atoms with E-state index < -0.39 is 12.1 Å². The van der Waals surface area contributed by atoms with Crippen molar-refractivity contribution in [2.75, 3.05) is 13.2 Å². The predicted octanol–water partition coefficient (Wildman–Crippen LogP) is 24.7. The van der Waals surface area contributed by atoms with Gasteiger partial charge in [0, 0.05) is 12.8 Å². The zero-order valence-corrected chi connectivity index (χ0v) is 56.2. The first-order valence-corrected chi connectivity index (χ1v) is 37.7.